The maximum atomic E-state index is 11.9. The third-order valence-corrected chi connectivity index (χ3v) is 2.91. The molecule has 0 aromatic carbocycles. The Morgan fingerprint density at radius 2 is 1.92 bits per heavy atom. The molecule has 0 bridgehead atoms. The predicted octanol–water partition coefficient (Wildman–Crippen LogP) is -1.86. The number of urea groups is 1. The summed E-state index contributed by atoms with van der Waals surface area (Å²) in [6.07, 6.45) is -1.70. The number of primary amides is 1. The number of rotatable bonds is 8. The van der Waals surface area contributed by atoms with Crippen molar-refractivity contribution in [3.63, 3.8) is 0 Å². The van der Waals surface area contributed by atoms with Gasteiger partial charge in [-0.05, 0) is 13.8 Å². The molecule has 12 nitrogen and oxygen atoms in total. The van der Waals surface area contributed by atoms with E-state index in [0.717, 1.165) is 0 Å². The lowest BCUT2D eigenvalue weighted by Crippen LogP contribution is -2.52. The summed E-state index contributed by atoms with van der Waals surface area (Å²) in [7, 11) is 0. The molecule has 4 atom stereocenters. The lowest BCUT2D eigenvalue weighted by Gasteiger charge is -2.19. The fourth-order valence-corrected chi connectivity index (χ4v) is 1.70. The van der Waals surface area contributed by atoms with Gasteiger partial charge < -0.3 is 36.8 Å². The van der Waals surface area contributed by atoms with Crippen molar-refractivity contribution >= 4 is 17.9 Å². The zero-order valence-electron chi connectivity index (χ0n) is 13.1. The molecule has 0 aliphatic heterocycles. The Morgan fingerprint density at radius 3 is 2.33 bits per heavy atom. The molecule has 134 valence electrons. The van der Waals surface area contributed by atoms with E-state index in [1.54, 1.807) is 6.92 Å². The van der Waals surface area contributed by atoms with Gasteiger partial charge in [0, 0.05) is 0 Å². The van der Waals surface area contributed by atoms with Crippen LogP contribution in [0.1, 0.15) is 44.1 Å². The van der Waals surface area contributed by atoms with Gasteiger partial charge in [0.15, 0.2) is 11.9 Å². The number of carboxylic acids is 1. The van der Waals surface area contributed by atoms with Crippen LogP contribution in [0, 0.1) is 0 Å². The van der Waals surface area contributed by atoms with Gasteiger partial charge in [-0.2, -0.15) is 4.98 Å². The second-order valence-electron chi connectivity index (χ2n) is 5.18. The Kier molecular flexibility index (Phi) is 6.61. The number of nitrogens with zero attached hydrogens (tertiary/aromatic N) is 2. The number of hydrogen-bond donors (Lipinski definition) is 6. The summed E-state index contributed by atoms with van der Waals surface area (Å²) >= 11 is 0. The number of amides is 3. The van der Waals surface area contributed by atoms with Gasteiger partial charge in [-0.25, -0.2) is 9.59 Å². The Hall–Kier alpha value is -2.73. The standard InChI is InChI=1S/C12H20N6O6/c1-4(13)9-17-10(24-18-9)6(3-7(14)20)15-12(23)16-8(5(2)19)11(21)22/h4-6,8,19H,3,13H2,1-2H3,(H2,14,20)(H,21,22)(H2,15,16,23)/t4-,5?,6-,8-/m0/s1. The molecule has 0 aliphatic rings. The van der Waals surface area contributed by atoms with Crippen LogP contribution in [0.5, 0.6) is 0 Å². The van der Waals surface area contributed by atoms with Gasteiger partial charge >= 0.3 is 12.0 Å². The molecular formula is C12H20N6O6. The molecule has 8 N–H and O–H groups in total. The maximum absolute atomic E-state index is 11.9. The van der Waals surface area contributed by atoms with Crippen molar-refractivity contribution in [3.05, 3.63) is 11.7 Å². The summed E-state index contributed by atoms with van der Waals surface area (Å²) < 4.78 is 4.93. The zero-order valence-corrected chi connectivity index (χ0v) is 13.1. The molecule has 3 amide bonds. The lowest BCUT2D eigenvalue weighted by atomic mass is 10.2. The first kappa shape index (κ1) is 19.3. The average molecular weight is 344 g/mol. The molecule has 1 heterocycles. The second kappa shape index (κ2) is 8.21. The van der Waals surface area contributed by atoms with E-state index >= 15 is 0 Å². The second-order valence-corrected chi connectivity index (χ2v) is 5.18. The van der Waals surface area contributed by atoms with Crippen LogP contribution in [0.25, 0.3) is 0 Å². The molecule has 0 fully saturated rings. The summed E-state index contributed by atoms with van der Waals surface area (Å²) in [5.41, 5.74) is 10.7. The molecular weight excluding hydrogens is 324 g/mol. The number of carboxylic acid groups (broad SMARTS) is 1. The SMILES string of the molecule is CC(O)[C@H](NC(=O)N[C@@H](CC(N)=O)c1nc([C@H](C)N)no1)C(=O)O. The van der Waals surface area contributed by atoms with E-state index < -0.39 is 42.1 Å². The van der Waals surface area contributed by atoms with Gasteiger partial charge in [0.1, 0.15) is 6.04 Å². The highest BCUT2D eigenvalue weighted by Gasteiger charge is 2.28. The van der Waals surface area contributed by atoms with Crippen LogP contribution in [0.2, 0.25) is 0 Å². The average Bonchev–Trinajstić information content (AvgIpc) is 2.92. The molecule has 1 rings (SSSR count). The monoisotopic (exact) mass is 344 g/mol. The van der Waals surface area contributed by atoms with Crippen molar-refractivity contribution in [2.24, 2.45) is 11.5 Å². The fourth-order valence-electron chi connectivity index (χ4n) is 1.70. The minimum atomic E-state index is -1.54. The highest BCUT2D eigenvalue weighted by molar-refractivity contribution is 5.83. The predicted molar refractivity (Wildman–Crippen MR) is 78.2 cm³/mol. The topological polar surface area (TPSA) is 207 Å². The third-order valence-electron chi connectivity index (χ3n) is 2.91. The number of aliphatic hydroxyl groups is 1. The van der Waals surface area contributed by atoms with Gasteiger partial charge in [0.05, 0.1) is 18.6 Å². The van der Waals surface area contributed by atoms with Crippen molar-refractivity contribution < 1.29 is 29.1 Å². The van der Waals surface area contributed by atoms with Crippen LogP contribution in [-0.2, 0) is 9.59 Å². The van der Waals surface area contributed by atoms with Crippen molar-refractivity contribution in [1.29, 1.82) is 0 Å². The van der Waals surface area contributed by atoms with E-state index in [-0.39, 0.29) is 18.1 Å². The normalized spacial score (nSPS) is 15.8. The van der Waals surface area contributed by atoms with E-state index in [1.807, 2.05) is 0 Å². The molecule has 0 saturated heterocycles. The number of nitrogens with two attached hydrogens (primary N) is 2. The Morgan fingerprint density at radius 1 is 1.29 bits per heavy atom. The number of hydrogen-bond acceptors (Lipinski definition) is 8. The van der Waals surface area contributed by atoms with Crippen molar-refractivity contribution in [1.82, 2.24) is 20.8 Å². The lowest BCUT2D eigenvalue weighted by molar-refractivity contribution is -0.141. The molecule has 1 aromatic rings. The quantitative estimate of drug-likeness (QED) is 0.312. The highest BCUT2D eigenvalue weighted by Crippen LogP contribution is 2.16. The summed E-state index contributed by atoms with van der Waals surface area (Å²) in [5, 5.41) is 26.2. The number of aliphatic hydroxyl groups excluding tert-OH is 1. The first-order valence-electron chi connectivity index (χ1n) is 6.97. The van der Waals surface area contributed by atoms with E-state index in [4.69, 9.17) is 21.1 Å². The maximum Gasteiger partial charge on any atom is 0.328 e. The molecule has 0 saturated carbocycles. The van der Waals surface area contributed by atoms with Gasteiger partial charge in [-0.3, -0.25) is 4.79 Å². The Bertz CT molecular complexity index is 601. The summed E-state index contributed by atoms with van der Waals surface area (Å²) in [5.74, 6) is -2.14. The van der Waals surface area contributed by atoms with Crippen molar-refractivity contribution in [2.45, 2.75) is 44.5 Å². The number of aliphatic carboxylic acids is 1. The number of aromatic nitrogens is 2. The van der Waals surface area contributed by atoms with E-state index in [1.165, 1.54) is 6.92 Å². The highest BCUT2D eigenvalue weighted by atomic mass is 16.5. The first-order valence-corrected chi connectivity index (χ1v) is 6.97. The fraction of sp³-hybridized carbons (Fsp3) is 0.583. The smallest absolute Gasteiger partial charge is 0.328 e. The Balaban J connectivity index is 2.87. The molecule has 1 unspecified atom stereocenters. The van der Waals surface area contributed by atoms with Crippen molar-refractivity contribution in [3.8, 4) is 0 Å². The molecule has 0 aliphatic carbocycles. The van der Waals surface area contributed by atoms with Gasteiger partial charge in [-0.15, -0.1) is 0 Å². The van der Waals surface area contributed by atoms with Crippen molar-refractivity contribution in [2.75, 3.05) is 0 Å². The number of carbonyl (C=O) groups is 3. The first-order chi connectivity index (χ1) is 11.1. The number of nitrogens with one attached hydrogen (secondary N) is 2. The summed E-state index contributed by atoms with van der Waals surface area (Å²) in [6, 6.07) is -4.11. The third kappa shape index (κ3) is 5.48. The molecule has 24 heavy (non-hydrogen) atoms. The number of carbonyl (C=O) groups excluding carboxylic acids is 2. The van der Waals surface area contributed by atoms with Gasteiger partial charge in [0.25, 0.3) is 0 Å². The molecule has 1 aromatic heterocycles. The minimum Gasteiger partial charge on any atom is -0.480 e. The Labute approximate surface area is 136 Å². The zero-order chi connectivity index (χ0) is 18.4. The van der Waals surface area contributed by atoms with Crippen LogP contribution in [0.15, 0.2) is 4.52 Å². The van der Waals surface area contributed by atoms with Crippen LogP contribution in [-0.4, -0.2) is 50.4 Å². The molecule has 0 spiro atoms. The molecule has 0 radical (unpaired) electrons. The van der Waals surface area contributed by atoms with Crippen LogP contribution in [0.4, 0.5) is 4.79 Å². The largest absolute Gasteiger partial charge is 0.480 e. The van der Waals surface area contributed by atoms with E-state index in [2.05, 4.69) is 20.8 Å². The van der Waals surface area contributed by atoms with Crippen LogP contribution < -0.4 is 22.1 Å². The van der Waals surface area contributed by atoms with Gasteiger partial charge in [-0.1, -0.05) is 5.16 Å². The van der Waals surface area contributed by atoms with E-state index in [9.17, 15) is 19.5 Å². The minimum absolute atomic E-state index is 0.111. The summed E-state index contributed by atoms with van der Waals surface area (Å²) in [4.78, 5) is 38.0. The molecule has 12 heteroatoms. The van der Waals surface area contributed by atoms with E-state index in [0.29, 0.717) is 0 Å². The summed E-state index contributed by atoms with van der Waals surface area (Å²) in [6.45, 7) is 2.81. The van der Waals surface area contributed by atoms with Gasteiger partial charge in [0.2, 0.25) is 11.8 Å². The van der Waals surface area contributed by atoms with Crippen LogP contribution >= 0.6 is 0 Å². The van der Waals surface area contributed by atoms with Crippen LogP contribution in [0.3, 0.4) is 0 Å².